The Hall–Kier alpha value is -4.41. The lowest BCUT2D eigenvalue weighted by atomic mass is 9.93. The number of carbonyl (C=O) groups is 4. The highest BCUT2D eigenvalue weighted by atomic mass is 35.5. The Morgan fingerprint density at radius 2 is 1.87 bits per heavy atom. The van der Waals surface area contributed by atoms with E-state index in [0.29, 0.717) is 42.9 Å². The van der Waals surface area contributed by atoms with E-state index in [4.69, 9.17) is 21.6 Å². The average Bonchev–Trinajstić information content (AvgIpc) is 3.19. The molecule has 2 aromatic rings. The van der Waals surface area contributed by atoms with Crippen LogP contribution in [-0.4, -0.2) is 102 Å². The number of nitrogens with one attached hydrogen (secondary N) is 4. The van der Waals surface area contributed by atoms with Gasteiger partial charge in [0, 0.05) is 50.5 Å². The van der Waals surface area contributed by atoms with E-state index >= 15 is 0 Å². The van der Waals surface area contributed by atoms with Crippen molar-refractivity contribution in [2.75, 3.05) is 44.7 Å². The molecule has 4 N–H and O–H groups in total. The van der Waals surface area contributed by atoms with Gasteiger partial charge in [-0.2, -0.15) is 5.26 Å². The zero-order chi connectivity index (χ0) is 38.7. The quantitative estimate of drug-likeness (QED) is 0.125. The number of carbonyl (C=O) groups excluding carboxylic acids is 4. The van der Waals surface area contributed by atoms with Crippen molar-refractivity contribution >= 4 is 49.6 Å². The zero-order valence-corrected chi connectivity index (χ0v) is 32.8. The van der Waals surface area contributed by atoms with Crippen LogP contribution in [0.1, 0.15) is 73.8 Å². The Labute approximate surface area is 328 Å². The summed E-state index contributed by atoms with van der Waals surface area (Å²) in [6, 6.07) is 10.2. The maximum absolute atomic E-state index is 13.0. The summed E-state index contributed by atoms with van der Waals surface area (Å²) in [5.74, 6) is 3.15. The first-order chi connectivity index (χ1) is 26.6. The Morgan fingerprint density at radius 3 is 2.58 bits per heavy atom. The number of amides is 4. The summed E-state index contributed by atoms with van der Waals surface area (Å²) in [7, 11) is 2.70. The van der Waals surface area contributed by atoms with Crippen molar-refractivity contribution in [2.45, 2.75) is 81.8 Å². The van der Waals surface area contributed by atoms with Gasteiger partial charge in [0.1, 0.15) is 17.9 Å². The number of likely N-dealkylation sites (N-methyl/N-ethyl adjacent to an activating group) is 1. The van der Waals surface area contributed by atoms with Crippen molar-refractivity contribution in [2.24, 2.45) is 5.92 Å². The number of ether oxygens (including phenoxy) is 1. The highest BCUT2D eigenvalue weighted by Gasteiger charge is 2.29. The van der Waals surface area contributed by atoms with Crippen LogP contribution in [0.25, 0.3) is 0 Å². The third-order valence-electron chi connectivity index (χ3n) is 10.6. The van der Waals surface area contributed by atoms with Gasteiger partial charge in [-0.3, -0.25) is 29.4 Å². The topological polar surface area (TPSA) is 182 Å². The number of rotatable bonds is 14. The monoisotopic (exact) mass is 789 g/mol. The minimum absolute atomic E-state index is 0.0280. The van der Waals surface area contributed by atoms with Crippen molar-refractivity contribution in [3.63, 3.8) is 0 Å². The van der Waals surface area contributed by atoms with Gasteiger partial charge >= 0.3 is 0 Å². The molecule has 4 heterocycles. The van der Waals surface area contributed by atoms with Gasteiger partial charge < -0.3 is 25.6 Å². The molecule has 6 rings (SSSR count). The van der Waals surface area contributed by atoms with E-state index in [1.807, 2.05) is 12.1 Å². The molecule has 3 aliphatic heterocycles. The van der Waals surface area contributed by atoms with Crippen molar-refractivity contribution in [1.29, 1.82) is 5.26 Å². The maximum atomic E-state index is 13.0. The van der Waals surface area contributed by atoms with Crippen LogP contribution >= 0.6 is 20.2 Å². The van der Waals surface area contributed by atoms with Crippen molar-refractivity contribution in [3.05, 3.63) is 70.2 Å². The molecule has 0 spiro atoms. The summed E-state index contributed by atoms with van der Waals surface area (Å²) in [6.45, 7) is 4.44. The summed E-state index contributed by atoms with van der Waals surface area (Å²) in [6.07, 6.45) is 10.2. The minimum Gasteiger partial charge on any atom is -0.490 e. The van der Waals surface area contributed by atoms with E-state index in [9.17, 15) is 19.2 Å². The lowest BCUT2D eigenvalue weighted by molar-refractivity contribution is -0.137. The fourth-order valence-corrected chi connectivity index (χ4v) is 8.73. The predicted molar refractivity (Wildman–Crippen MR) is 211 cm³/mol. The first-order valence-electron chi connectivity index (χ1n) is 19.1. The molecule has 55 heavy (non-hydrogen) atoms. The van der Waals surface area contributed by atoms with Gasteiger partial charge in [0.25, 0.3) is 5.91 Å². The van der Waals surface area contributed by atoms with E-state index in [0.717, 1.165) is 82.6 Å². The first kappa shape index (κ1) is 40.3. The number of imide groups is 1. The van der Waals surface area contributed by atoms with Gasteiger partial charge in [0.2, 0.25) is 17.7 Å². The molecule has 0 radical (unpaired) electrons. The number of anilines is 1. The van der Waals surface area contributed by atoms with E-state index in [1.54, 1.807) is 24.3 Å². The van der Waals surface area contributed by atoms with E-state index < -0.39 is 11.9 Å². The predicted octanol–water partition coefficient (Wildman–Crippen LogP) is 3.63. The molecule has 4 amide bonds. The SMILES string of the molecule is CN(CCNCC1CCN(c2ccc(C(=O)NC3CCC(Oc4ccc(C#N)c(Cl)c4)CC3)nn2)CC1)C1C=C(CC(=O)NC2CCC(=O)NC2=O)C=CP1. The van der Waals surface area contributed by atoms with Gasteiger partial charge in [-0.15, -0.1) is 10.2 Å². The Balaban J connectivity index is 0.843. The molecule has 292 valence electrons. The highest BCUT2D eigenvalue weighted by molar-refractivity contribution is 7.42. The van der Waals surface area contributed by atoms with Crippen LogP contribution in [0.2, 0.25) is 5.02 Å². The molecule has 0 bridgehead atoms. The molecule has 2 saturated heterocycles. The fraction of sp³-hybridized carbons (Fsp3) is 0.513. The zero-order valence-electron chi connectivity index (χ0n) is 31.1. The number of aromatic nitrogens is 2. The van der Waals surface area contributed by atoms with Crippen LogP contribution in [0.5, 0.6) is 5.75 Å². The molecule has 3 fully saturated rings. The Morgan fingerprint density at radius 1 is 1.07 bits per heavy atom. The lowest BCUT2D eigenvalue weighted by Gasteiger charge is -2.33. The van der Waals surface area contributed by atoms with E-state index in [2.05, 4.69) is 66.3 Å². The molecule has 4 aliphatic rings. The molecule has 16 heteroatoms. The van der Waals surface area contributed by atoms with Crippen LogP contribution in [0.15, 0.2) is 53.9 Å². The van der Waals surface area contributed by atoms with Crippen molar-refractivity contribution < 1.29 is 23.9 Å². The van der Waals surface area contributed by atoms with Gasteiger partial charge in [-0.1, -0.05) is 38.2 Å². The minimum atomic E-state index is -0.660. The molecule has 14 nitrogen and oxygen atoms in total. The fourth-order valence-electron chi connectivity index (χ4n) is 7.31. The second-order valence-electron chi connectivity index (χ2n) is 14.6. The molecule has 1 aromatic carbocycles. The molecular formula is C39H49ClN9O5P. The largest absolute Gasteiger partial charge is 0.490 e. The lowest BCUT2D eigenvalue weighted by Crippen LogP contribution is -2.52. The molecule has 1 saturated carbocycles. The van der Waals surface area contributed by atoms with E-state index in [-0.39, 0.29) is 48.5 Å². The van der Waals surface area contributed by atoms with Crippen molar-refractivity contribution in [1.82, 2.24) is 36.4 Å². The van der Waals surface area contributed by atoms with Crippen LogP contribution in [-0.2, 0) is 14.4 Å². The molecule has 3 atom stereocenters. The third kappa shape index (κ3) is 11.6. The van der Waals surface area contributed by atoms with Crippen LogP contribution in [0, 0.1) is 17.2 Å². The molecule has 1 aromatic heterocycles. The van der Waals surface area contributed by atoms with Gasteiger partial charge in [-0.25, -0.2) is 0 Å². The van der Waals surface area contributed by atoms with Gasteiger partial charge in [0.15, 0.2) is 11.5 Å². The number of nitrogens with zero attached hydrogens (tertiary/aromatic N) is 5. The summed E-state index contributed by atoms with van der Waals surface area (Å²) in [5.41, 5.74) is 1.66. The number of hydrogen-bond acceptors (Lipinski definition) is 11. The standard InChI is InChI=1S/C39H49ClN9O5P/c1-48(37-21-26(14-19-55-37)20-36(51)44-32-9-11-35(50)45-38(32)52)18-15-42-24-25-12-16-49(17-13-25)34-10-8-33(46-47-34)39(53)43-28-3-6-29(7-4-28)54-30-5-2-27(23-41)31(40)22-30/h2,5,8,10,14,19,21-22,25,28-29,32,37,42,55H,3-4,6-7,9,11-13,15-18,20,24H2,1H3,(H,43,53)(H,44,51)(H,45,50,52). The summed E-state index contributed by atoms with van der Waals surface area (Å²) >= 11 is 6.14. The molecular weight excluding hydrogens is 741 g/mol. The van der Waals surface area contributed by atoms with Gasteiger partial charge in [-0.05, 0) is 94.3 Å². The van der Waals surface area contributed by atoms with Crippen LogP contribution in [0.4, 0.5) is 5.82 Å². The third-order valence-corrected chi connectivity index (χ3v) is 12.2. The molecule has 1 aliphatic carbocycles. The first-order valence-corrected chi connectivity index (χ1v) is 20.6. The number of nitriles is 1. The van der Waals surface area contributed by atoms with Crippen LogP contribution in [0.3, 0.4) is 0 Å². The van der Waals surface area contributed by atoms with Crippen LogP contribution < -0.4 is 30.9 Å². The normalized spacial score (nSPS) is 23.5. The molecule has 3 unspecified atom stereocenters. The highest BCUT2D eigenvalue weighted by Crippen LogP contribution is 2.31. The Bertz CT molecular complexity index is 1800. The van der Waals surface area contributed by atoms with Gasteiger partial charge in [0.05, 0.1) is 23.1 Å². The number of hydrogen-bond donors (Lipinski definition) is 4. The number of halogens is 1. The number of piperidine rings is 2. The van der Waals surface area contributed by atoms with E-state index in [1.165, 1.54) is 0 Å². The summed E-state index contributed by atoms with van der Waals surface area (Å²) in [5, 5.41) is 29.9. The maximum Gasteiger partial charge on any atom is 0.272 e. The smallest absolute Gasteiger partial charge is 0.272 e. The van der Waals surface area contributed by atoms with Crippen molar-refractivity contribution in [3.8, 4) is 11.8 Å². The second kappa shape index (κ2) is 19.4. The summed E-state index contributed by atoms with van der Waals surface area (Å²) < 4.78 is 6.07. The summed E-state index contributed by atoms with van der Waals surface area (Å²) in [4.78, 5) is 53.4. The number of allylic oxidation sites excluding steroid dienone is 1. The Kier molecular flexibility index (Phi) is 14.2. The second-order valence-corrected chi connectivity index (χ2v) is 16.3. The average molecular weight is 790 g/mol. The number of benzene rings is 1.